The zero-order valence-corrected chi connectivity index (χ0v) is 7.31. The second kappa shape index (κ2) is 3.35. The number of nitrogens with zero attached hydrogens (tertiary/aromatic N) is 1. The van der Waals surface area contributed by atoms with Gasteiger partial charge in [-0.1, -0.05) is 24.6 Å². The number of rotatable bonds is 1. The maximum absolute atomic E-state index is 4.14. The Morgan fingerprint density at radius 2 is 2.18 bits per heavy atom. The van der Waals surface area contributed by atoms with E-state index in [0.717, 1.165) is 5.92 Å². The zero-order valence-electron chi connectivity index (χ0n) is 6.49. The monoisotopic (exact) mass is 166 g/mol. The molecule has 1 nitrogen and oxygen atoms in total. The summed E-state index contributed by atoms with van der Waals surface area (Å²) in [5, 5.41) is 6.22. The first-order valence-electron chi connectivity index (χ1n) is 4.18. The molecular formula is C9H12NS. The molecule has 1 aliphatic carbocycles. The summed E-state index contributed by atoms with van der Waals surface area (Å²) in [6.45, 7) is 0. The van der Waals surface area contributed by atoms with Crippen molar-refractivity contribution in [3.05, 3.63) is 22.7 Å². The minimum Gasteiger partial charge on any atom is -0.263 e. The lowest BCUT2D eigenvalue weighted by Gasteiger charge is -2.13. The topological polar surface area (TPSA) is 14.1 Å². The van der Waals surface area contributed by atoms with Crippen molar-refractivity contribution < 1.29 is 0 Å². The van der Waals surface area contributed by atoms with Crippen LogP contribution in [0.15, 0.2) is 22.7 Å². The summed E-state index contributed by atoms with van der Waals surface area (Å²) >= 11 is 1.85. The molecular weight excluding hydrogens is 154 g/mol. The van der Waals surface area contributed by atoms with Gasteiger partial charge in [0.1, 0.15) is 0 Å². The van der Waals surface area contributed by atoms with Crippen LogP contribution in [0.2, 0.25) is 0 Å². The zero-order chi connectivity index (χ0) is 7.52. The van der Waals surface area contributed by atoms with Crippen molar-refractivity contribution in [2.75, 3.05) is 0 Å². The van der Waals surface area contributed by atoms with Crippen LogP contribution in [0.4, 0.5) is 0 Å². The SMILES string of the molecule is C1=CSC(C2CCCC2)=C[N]1. The fourth-order valence-corrected chi connectivity index (χ4v) is 2.54. The van der Waals surface area contributed by atoms with E-state index in [1.807, 2.05) is 24.2 Å². The van der Waals surface area contributed by atoms with Crippen molar-refractivity contribution in [2.24, 2.45) is 5.92 Å². The molecule has 11 heavy (non-hydrogen) atoms. The molecule has 0 unspecified atom stereocenters. The average molecular weight is 166 g/mol. The summed E-state index contributed by atoms with van der Waals surface area (Å²) in [5.41, 5.74) is 0. The molecule has 0 spiro atoms. The highest BCUT2D eigenvalue weighted by atomic mass is 32.2. The Labute approximate surface area is 71.9 Å². The summed E-state index contributed by atoms with van der Waals surface area (Å²) in [6.07, 6.45) is 9.47. The number of allylic oxidation sites excluding steroid dienone is 1. The molecule has 0 N–H and O–H groups in total. The Hall–Kier alpha value is -0.370. The molecule has 0 amide bonds. The molecule has 1 radical (unpaired) electrons. The first-order chi connectivity index (χ1) is 5.47. The van der Waals surface area contributed by atoms with Gasteiger partial charge in [0, 0.05) is 17.3 Å². The van der Waals surface area contributed by atoms with Gasteiger partial charge in [0.2, 0.25) is 0 Å². The lowest BCUT2D eigenvalue weighted by Crippen LogP contribution is -1.99. The van der Waals surface area contributed by atoms with E-state index >= 15 is 0 Å². The first-order valence-corrected chi connectivity index (χ1v) is 5.06. The van der Waals surface area contributed by atoms with E-state index in [4.69, 9.17) is 0 Å². The summed E-state index contributed by atoms with van der Waals surface area (Å²) in [4.78, 5) is 1.48. The van der Waals surface area contributed by atoms with Crippen LogP contribution in [0.3, 0.4) is 0 Å². The number of thioether (sulfide) groups is 1. The second-order valence-corrected chi connectivity index (χ2v) is 4.04. The van der Waals surface area contributed by atoms with Crippen molar-refractivity contribution in [2.45, 2.75) is 25.7 Å². The van der Waals surface area contributed by atoms with Gasteiger partial charge >= 0.3 is 0 Å². The fraction of sp³-hybridized carbons (Fsp3) is 0.556. The lowest BCUT2D eigenvalue weighted by atomic mass is 10.1. The second-order valence-electron chi connectivity index (χ2n) is 3.06. The molecule has 1 aliphatic heterocycles. The summed E-state index contributed by atoms with van der Waals surface area (Å²) in [7, 11) is 0. The van der Waals surface area contributed by atoms with E-state index in [0.29, 0.717) is 0 Å². The Morgan fingerprint density at radius 1 is 1.36 bits per heavy atom. The largest absolute Gasteiger partial charge is 0.263 e. The highest BCUT2D eigenvalue weighted by Gasteiger charge is 2.19. The third kappa shape index (κ3) is 1.62. The Kier molecular flexibility index (Phi) is 2.22. The van der Waals surface area contributed by atoms with Crippen LogP contribution >= 0.6 is 11.8 Å². The van der Waals surface area contributed by atoms with Crippen LogP contribution in [-0.2, 0) is 0 Å². The van der Waals surface area contributed by atoms with Crippen LogP contribution in [0.5, 0.6) is 0 Å². The smallest absolute Gasteiger partial charge is 0.0369 e. The van der Waals surface area contributed by atoms with Crippen LogP contribution in [0.1, 0.15) is 25.7 Å². The van der Waals surface area contributed by atoms with E-state index < -0.39 is 0 Å². The Morgan fingerprint density at radius 3 is 2.82 bits per heavy atom. The van der Waals surface area contributed by atoms with Crippen molar-refractivity contribution >= 4 is 11.8 Å². The van der Waals surface area contributed by atoms with Crippen LogP contribution < -0.4 is 5.32 Å². The van der Waals surface area contributed by atoms with E-state index in [2.05, 4.69) is 10.7 Å². The molecule has 2 aliphatic rings. The minimum atomic E-state index is 0.827. The van der Waals surface area contributed by atoms with Gasteiger partial charge in [-0.05, 0) is 24.2 Å². The van der Waals surface area contributed by atoms with Gasteiger partial charge < -0.3 is 0 Å². The predicted molar refractivity (Wildman–Crippen MR) is 48.9 cm³/mol. The summed E-state index contributed by atoms with van der Waals surface area (Å²) in [6, 6.07) is 0. The fourth-order valence-electron chi connectivity index (χ4n) is 1.70. The molecule has 0 bridgehead atoms. The molecule has 0 aromatic carbocycles. The number of hydrogen-bond donors (Lipinski definition) is 0. The molecule has 2 rings (SSSR count). The highest BCUT2D eigenvalue weighted by molar-refractivity contribution is 8.05. The van der Waals surface area contributed by atoms with Gasteiger partial charge in [-0.3, -0.25) is 5.32 Å². The van der Waals surface area contributed by atoms with Crippen LogP contribution in [0, 0.1) is 5.92 Å². The first kappa shape index (κ1) is 7.29. The van der Waals surface area contributed by atoms with Gasteiger partial charge in [0.05, 0.1) is 0 Å². The third-order valence-corrected chi connectivity index (χ3v) is 3.28. The van der Waals surface area contributed by atoms with E-state index in [9.17, 15) is 0 Å². The quantitative estimate of drug-likeness (QED) is 0.584. The Bertz CT molecular complexity index is 190. The lowest BCUT2D eigenvalue weighted by molar-refractivity contribution is 0.670. The summed E-state index contributed by atoms with van der Waals surface area (Å²) < 4.78 is 0. The van der Waals surface area contributed by atoms with Gasteiger partial charge in [-0.25, -0.2) is 0 Å². The standard InChI is InChI=1S/C9H12NS/c1-2-4-8(3-1)9-7-10-5-6-11-9/h5-8H,1-4H2. The predicted octanol–water partition coefficient (Wildman–Crippen LogP) is 2.84. The summed E-state index contributed by atoms with van der Waals surface area (Å²) in [5.74, 6) is 0.827. The number of hydrogen-bond acceptors (Lipinski definition) is 1. The normalized spacial score (nSPS) is 24.9. The minimum absolute atomic E-state index is 0.827. The van der Waals surface area contributed by atoms with Gasteiger partial charge in [-0.15, -0.1) is 0 Å². The van der Waals surface area contributed by atoms with Crippen LogP contribution in [-0.4, -0.2) is 0 Å². The molecule has 0 atom stereocenters. The van der Waals surface area contributed by atoms with Gasteiger partial charge in [0.15, 0.2) is 0 Å². The molecule has 0 aromatic rings. The molecule has 0 aromatic heterocycles. The van der Waals surface area contributed by atoms with Crippen molar-refractivity contribution in [1.82, 2.24) is 5.32 Å². The maximum Gasteiger partial charge on any atom is 0.0369 e. The Balaban J connectivity index is 1.97. The average Bonchev–Trinajstić information content (AvgIpc) is 2.58. The van der Waals surface area contributed by atoms with Crippen molar-refractivity contribution in [3.63, 3.8) is 0 Å². The van der Waals surface area contributed by atoms with Gasteiger partial charge in [0.25, 0.3) is 0 Å². The highest BCUT2D eigenvalue weighted by Crippen LogP contribution is 2.37. The third-order valence-electron chi connectivity index (χ3n) is 2.31. The van der Waals surface area contributed by atoms with Crippen molar-refractivity contribution in [1.29, 1.82) is 0 Å². The van der Waals surface area contributed by atoms with E-state index in [-0.39, 0.29) is 0 Å². The molecule has 1 fully saturated rings. The van der Waals surface area contributed by atoms with E-state index in [1.54, 1.807) is 0 Å². The van der Waals surface area contributed by atoms with Gasteiger partial charge in [-0.2, -0.15) is 0 Å². The van der Waals surface area contributed by atoms with E-state index in [1.165, 1.54) is 30.6 Å². The molecule has 2 heteroatoms. The molecule has 1 heterocycles. The van der Waals surface area contributed by atoms with Crippen molar-refractivity contribution in [3.8, 4) is 0 Å². The molecule has 0 saturated heterocycles. The van der Waals surface area contributed by atoms with Crippen LogP contribution in [0.25, 0.3) is 0 Å². The molecule has 1 saturated carbocycles. The maximum atomic E-state index is 4.14. The molecule has 59 valence electrons.